The molecule has 14 heavy (non-hydrogen) atoms. The molecule has 0 aromatic heterocycles. The zero-order valence-electron chi connectivity index (χ0n) is 8.21. The van der Waals surface area contributed by atoms with E-state index in [9.17, 15) is 10.2 Å². The van der Waals surface area contributed by atoms with Crippen LogP contribution in [0.2, 0.25) is 0 Å². The SMILES string of the molecule is CC(C)(N)Cc1cc(Br)cc(O)c1O. The van der Waals surface area contributed by atoms with Gasteiger partial charge in [0, 0.05) is 15.6 Å². The summed E-state index contributed by atoms with van der Waals surface area (Å²) in [6.07, 6.45) is 0.506. The predicted molar refractivity (Wildman–Crippen MR) is 59.4 cm³/mol. The lowest BCUT2D eigenvalue weighted by molar-refractivity contribution is 0.393. The van der Waals surface area contributed by atoms with Gasteiger partial charge in [0.15, 0.2) is 11.5 Å². The van der Waals surface area contributed by atoms with Crippen LogP contribution in [0.1, 0.15) is 19.4 Å². The summed E-state index contributed by atoms with van der Waals surface area (Å²) in [4.78, 5) is 0. The monoisotopic (exact) mass is 259 g/mol. The largest absolute Gasteiger partial charge is 0.504 e. The van der Waals surface area contributed by atoms with E-state index in [0.29, 0.717) is 12.0 Å². The summed E-state index contributed by atoms with van der Waals surface area (Å²) < 4.78 is 0.729. The first-order chi connectivity index (χ1) is 6.29. The van der Waals surface area contributed by atoms with E-state index in [4.69, 9.17) is 5.73 Å². The number of phenolic OH excluding ortho intramolecular Hbond substituents is 2. The Morgan fingerprint density at radius 2 is 1.93 bits per heavy atom. The molecule has 1 aromatic rings. The maximum Gasteiger partial charge on any atom is 0.160 e. The Morgan fingerprint density at radius 1 is 1.36 bits per heavy atom. The second-order valence-corrected chi connectivity index (χ2v) is 5.01. The normalized spacial score (nSPS) is 11.7. The molecule has 1 aromatic carbocycles. The molecule has 0 aliphatic carbocycles. The molecule has 0 saturated heterocycles. The van der Waals surface area contributed by atoms with Crippen molar-refractivity contribution in [3.8, 4) is 11.5 Å². The third-order valence-electron chi connectivity index (χ3n) is 1.78. The number of phenols is 2. The Balaban J connectivity index is 3.09. The van der Waals surface area contributed by atoms with Crippen molar-refractivity contribution < 1.29 is 10.2 Å². The van der Waals surface area contributed by atoms with Gasteiger partial charge in [0.05, 0.1) is 0 Å². The van der Waals surface area contributed by atoms with E-state index < -0.39 is 5.54 Å². The van der Waals surface area contributed by atoms with E-state index in [-0.39, 0.29) is 11.5 Å². The third kappa shape index (κ3) is 2.89. The van der Waals surface area contributed by atoms with Gasteiger partial charge in [-0.05, 0) is 32.4 Å². The molecule has 0 unspecified atom stereocenters. The first-order valence-electron chi connectivity index (χ1n) is 4.29. The highest BCUT2D eigenvalue weighted by Crippen LogP contribution is 2.34. The lowest BCUT2D eigenvalue weighted by Gasteiger charge is -2.19. The van der Waals surface area contributed by atoms with Gasteiger partial charge in [0.2, 0.25) is 0 Å². The Hall–Kier alpha value is -0.740. The quantitative estimate of drug-likeness (QED) is 0.714. The summed E-state index contributed by atoms with van der Waals surface area (Å²) in [5.41, 5.74) is 6.06. The minimum atomic E-state index is -0.412. The van der Waals surface area contributed by atoms with E-state index in [2.05, 4.69) is 15.9 Å². The van der Waals surface area contributed by atoms with Crippen molar-refractivity contribution in [2.24, 2.45) is 5.73 Å². The highest BCUT2D eigenvalue weighted by atomic mass is 79.9. The number of hydrogen-bond acceptors (Lipinski definition) is 3. The van der Waals surface area contributed by atoms with Crippen molar-refractivity contribution in [2.75, 3.05) is 0 Å². The number of hydrogen-bond donors (Lipinski definition) is 3. The van der Waals surface area contributed by atoms with Crippen LogP contribution in [-0.4, -0.2) is 15.8 Å². The number of aromatic hydroxyl groups is 2. The van der Waals surface area contributed by atoms with Crippen molar-refractivity contribution in [2.45, 2.75) is 25.8 Å². The van der Waals surface area contributed by atoms with Gasteiger partial charge in [-0.2, -0.15) is 0 Å². The van der Waals surface area contributed by atoms with Crippen molar-refractivity contribution in [1.29, 1.82) is 0 Å². The average molecular weight is 260 g/mol. The molecule has 1 rings (SSSR count). The van der Waals surface area contributed by atoms with Crippen LogP contribution in [0, 0.1) is 0 Å². The molecule has 0 heterocycles. The maximum atomic E-state index is 9.56. The van der Waals surface area contributed by atoms with Crippen LogP contribution in [0.3, 0.4) is 0 Å². The number of benzene rings is 1. The standard InChI is InChI=1S/C10H14BrNO2/c1-10(2,12)5-6-3-7(11)4-8(13)9(6)14/h3-4,13-14H,5,12H2,1-2H3. The van der Waals surface area contributed by atoms with Gasteiger partial charge >= 0.3 is 0 Å². The van der Waals surface area contributed by atoms with Crippen LogP contribution in [0.15, 0.2) is 16.6 Å². The molecule has 0 spiro atoms. The number of rotatable bonds is 2. The fourth-order valence-electron chi connectivity index (χ4n) is 1.27. The van der Waals surface area contributed by atoms with Crippen LogP contribution in [0.4, 0.5) is 0 Å². The van der Waals surface area contributed by atoms with E-state index in [0.717, 1.165) is 4.47 Å². The fraction of sp³-hybridized carbons (Fsp3) is 0.400. The van der Waals surface area contributed by atoms with E-state index in [1.54, 1.807) is 6.07 Å². The lowest BCUT2D eigenvalue weighted by Crippen LogP contribution is -2.34. The molecule has 0 fully saturated rings. The maximum absolute atomic E-state index is 9.56. The topological polar surface area (TPSA) is 66.5 Å². The van der Waals surface area contributed by atoms with Crippen LogP contribution in [-0.2, 0) is 6.42 Å². The molecule has 78 valence electrons. The van der Waals surface area contributed by atoms with Crippen molar-refractivity contribution in [3.05, 3.63) is 22.2 Å². The van der Waals surface area contributed by atoms with Gasteiger partial charge < -0.3 is 15.9 Å². The average Bonchev–Trinajstić information content (AvgIpc) is 1.96. The molecule has 0 radical (unpaired) electrons. The van der Waals surface area contributed by atoms with E-state index >= 15 is 0 Å². The fourth-order valence-corrected chi connectivity index (χ4v) is 1.76. The number of nitrogens with two attached hydrogens (primary N) is 1. The second-order valence-electron chi connectivity index (χ2n) is 4.10. The van der Waals surface area contributed by atoms with E-state index in [1.165, 1.54) is 6.07 Å². The molecule has 0 bridgehead atoms. The molecule has 0 aliphatic heterocycles. The lowest BCUT2D eigenvalue weighted by atomic mass is 9.95. The zero-order valence-corrected chi connectivity index (χ0v) is 9.80. The molecule has 4 N–H and O–H groups in total. The van der Waals surface area contributed by atoms with Crippen LogP contribution < -0.4 is 5.73 Å². The summed E-state index contributed by atoms with van der Waals surface area (Å²) >= 11 is 3.24. The van der Waals surface area contributed by atoms with Crippen molar-refractivity contribution in [3.63, 3.8) is 0 Å². The Kier molecular flexibility index (Phi) is 3.07. The highest BCUT2D eigenvalue weighted by molar-refractivity contribution is 9.10. The summed E-state index contributed by atoms with van der Waals surface area (Å²) in [6.45, 7) is 3.73. The summed E-state index contributed by atoms with van der Waals surface area (Å²) in [5.74, 6) is -0.217. The van der Waals surface area contributed by atoms with Crippen LogP contribution in [0.25, 0.3) is 0 Å². The number of halogens is 1. The summed E-state index contributed by atoms with van der Waals surface area (Å²) in [6, 6.07) is 3.20. The molecular weight excluding hydrogens is 246 g/mol. The minimum Gasteiger partial charge on any atom is -0.504 e. The molecule has 0 atom stereocenters. The second kappa shape index (κ2) is 3.79. The molecular formula is C10H14BrNO2. The summed E-state index contributed by atoms with van der Waals surface area (Å²) in [7, 11) is 0. The molecule has 0 aliphatic rings. The minimum absolute atomic E-state index is 0.0910. The highest BCUT2D eigenvalue weighted by Gasteiger charge is 2.16. The van der Waals surface area contributed by atoms with E-state index in [1.807, 2.05) is 13.8 Å². The van der Waals surface area contributed by atoms with Gasteiger partial charge in [-0.15, -0.1) is 0 Å². The third-order valence-corrected chi connectivity index (χ3v) is 2.24. The molecule has 4 heteroatoms. The zero-order chi connectivity index (χ0) is 10.9. The van der Waals surface area contributed by atoms with Crippen LogP contribution in [0.5, 0.6) is 11.5 Å². The predicted octanol–water partition coefficient (Wildman–Crippen LogP) is 2.14. The van der Waals surface area contributed by atoms with Gasteiger partial charge in [-0.25, -0.2) is 0 Å². The van der Waals surface area contributed by atoms with Crippen molar-refractivity contribution in [1.82, 2.24) is 0 Å². The Bertz CT molecular complexity index is 345. The van der Waals surface area contributed by atoms with Gasteiger partial charge in [0.1, 0.15) is 0 Å². The molecule has 3 nitrogen and oxygen atoms in total. The molecule has 0 amide bonds. The van der Waals surface area contributed by atoms with Gasteiger partial charge in [0.25, 0.3) is 0 Å². The smallest absolute Gasteiger partial charge is 0.160 e. The van der Waals surface area contributed by atoms with Gasteiger partial charge in [-0.3, -0.25) is 0 Å². The molecule has 0 saturated carbocycles. The van der Waals surface area contributed by atoms with Crippen LogP contribution >= 0.6 is 15.9 Å². The Labute approximate surface area is 91.7 Å². The summed E-state index contributed by atoms with van der Waals surface area (Å²) in [5, 5.41) is 18.9. The van der Waals surface area contributed by atoms with Gasteiger partial charge in [-0.1, -0.05) is 15.9 Å². The first-order valence-corrected chi connectivity index (χ1v) is 5.08. The Morgan fingerprint density at radius 3 is 2.43 bits per heavy atom. The van der Waals surface area contributed by atoms with Crippen molar-refractivity contribution >= 4 is 15.9 Å². The first kappa shape index (κ1) is 11.3.